The number of guanidine groups is 1. The van der Waals surface area contributed by atoms with Gasteiger partial charge in [0, 0.05) is 38.3 Å². The second kappa shape index (κ2) is 8.73. The largest absolute Gasteiger partial charge is 0.354 e. The Bertz CT molecular complexity index is 481. The maximum Gasteiger partial charge on any atom is 0.191 e. The van der Waals surface area contributed by atoms with Crippen molar-refractivity contribution in [2.24, 2.45) is 4.99 Å². The SMILES string of the molecule is CCCN1CCC(NC(=NC)NCc2ccccc2F)CC1. The smallest absolute Gasteiger partial charge is 0.191 e. The van der Waals surface area contributed by atoms with Gasteiger partial charge in [-0.05, 0) is 31.9 Å². The van der Waals surface area contributed by atoms with E-state index in [4.69, 9.17) is 0 Å². The Balaban J connectivity index is 1.77. The van der Waals surface area contributed by atoms with Crippen LogP contribution >= 0.6 is 0 Å². The van der Waals surface area contributed by atoms with Crippen LogP contribution in [0.3, 0.4) is 0 Å². The Morgan fingerprint density at radius 1 is 1.32 bits per heavy atom. The molecule has 1 fully saturated rings. The van der Waals surface area contributed by atoms with Crippen LogP contribution in [0.25, 0.3) is 0 Å². The first kappa shape index (κ1) is 16.7. The van der Waals surface area contributed by atoms with Gasteiger partial charge in [0.25, 0.3) is 0 Å². The van der Waals surface area contributed by atoms with Crippen molar-refractivity contribution in [3.05, 3.63) is 35.6 Å². The van der Waals surface area contributed by atoms with E-state index in [1.807, 2.05) is 6.07 Å². The first-order valence-corrected chi connectivity index (χ1v) is 8.16. The number of halogens is 1. The predicted molar refractivity (Wildman–Crippen MR) is 89.5 cm³/mol. The lowest BCUT2D eigenvalue weighted by Crippen LogP contribution is -2.48. The van der Waals surface area contributed by atoms with Crippen molar-refractivity contribution in [3.63, 3.8) is 0 Å². The highest BCUT2D eigenvalue weighted by molar-refractivity contribution is 5.79. The summed E-state index contributed by atoms with van der Waals surface area (Å²) in [6.07, 6.45) is 3.46. The second-order valence-electron chi connectivity index (χ2n) is 5.78. The van der Waals surface area contributed by atoms with Crippen LogP contribution in [0.2, 0.25) is 0 Å². The highest BCUT2D eigenvalue weighted by Gasteiger charge is 2.19. The van der Waals surface area contributed by atoms with Crippen LogP contribution in [0.5, 0.6) is 0 Å². The van der Waals surface area contributed by atoms with E-state index >= 15 is 0 Å². The van der Waals surface area contributed by atoms with Crippen LogP contribution in [0.4, 0.5) is 4.39 Å². The van der Waals surface area contributed by atoms with Crippen molar-refractivity contribution in [2.45, 2.75) is 38.8 Å². The molecule has 0 unspecified atom stereocenters. The molecule has 0 radical (unpaired) electrons. The third kappa shape index (κ3) is 4.98. The summed E-state index contributed by atoms with van der Waals surface area (Å²) in [5, 5.41) is 6.64. The van der Waals surface area contributed by atoms with E-state index in [1.165, 1.54) is 19.0 Å². The lowest BCUT2D eigenvalue weighted by molar-refractivity contribution is 0.206. The summed E-state index contributed by atoms with van der Waals surface area (Å²) >= 11 is 0. The Hall–Kier alpha value is -1.62. The van der Waals surface area contributed by atoms with E-state index in [-0.39, 0.29) is 5.82 Å². The lowest BCUT2D eigenvalue weighted by Gasteiger charge is -2.32. The topological polar surface area (TPSA) is 39.7 Å². The van der Waals surface area contributed by atoms with Gasteiger partial charge in [0.1, 0.15) is 5.82 Å². The fourth-order valence-corrected chi connectivity index (χ4v) is 2.83. The number of piperidine rings is 1. The van der Waals surface area contributed by atoms with Gasteiger partial charge in [0.05, 0.1) is 0 Å². The van der Waals surface area contributed by atoms with Gasteiger partial charge in [0.15, 0.2) is 5.96 Å². The molecule has 22 heavy (non-hydrogen) atoms. The van der Waals surface area contributed by atoms with Crippen LogP contribution in [-0.4, -0.2) is 43.6 Å². The van der Waals surface area contributed by atoms with Crippen LogP contribution in [0, 0.1) is 5.82 Å². The van der Waals surface area contributed by atoms with Crippen LogP contribution in [0.15, 0.2) is 29.3 Å². The number of hydrogen-bond donors (Lipinski definition) is 2. The summed E-state index contributed by atoms with van der Waals surface area (Å²) in [5.41, 5.74) is 0.656. The van der Waals surface area contributed by atoms with Crippen molar-refractivity contribution >= 4 is 5.96 Å². The highest BCUT2D eigenvalue weighted by Crippen LogP contribution is 2.10. The molecule has 1 aliphatic rings. The summed E-state index contributed by atoms with van der Waals surface area (Å²) in [4.78, 5) is 6.75. The van der Waals surface area contributed by atoms with Crippen molar-refractivity contribution in [1.29, 1.82) is 0 Å². The number of rotatable bonds is 5. The number of benzene rings is 1. The number of nitrogens with zero attached hydrogens (tertiary/aromatic N) is 2. The first-order valence-electron chi connectivity index (χ1n) is 8.16. The molecule has 4 nitrogen and oxygen atoms in total. The van der Waals surface area contributed by atoms with E-state index in [9.17, 15) is 4.39 Å². The number of likely N-dealkylation sites (tertiary alicyclic amines) is 1. The molecule has 0 bridgehead atoms. The zero-order valence-corrected chi connectivity index (χ0v) is 13.6. The molecule has 0 aromatic heterocycles. The van der Waals surface area contributed by atoms with Gasteiger partial charge in [-0.1, -0.05) is 25.1 Å². The quantitative estimate of drug-likeness (QED) is 0.648. The van der Waals surface area contributed by atoms with Gasteiger partial charge >= 0.3 is 0 Å². The highest BCUT2D eigenvalue weighted by atomic mass is 19.1. The normalized spacial score (nSPS) is 17.5. The van der Waals surface area contributed by atoms with Gasteiger partial charge in [-0.2, -0.15) is 0 Å². The third-order valence-electron chi connectivity index (χ3n) is 4.10. The molecule has 1 aliphatic heterocycles. The van der Waals surface area contributed by atoms with Gasteiger partial charge in [-0.25, -0.2) is 4.39 Å². The van der Waals surface area contributed by atoms with Crippen molar-refractivity contribution in [3.8, 4) is 0 Å². The van der Waals surface area contributed by atoms with Gasteiger partial charge < -0.3 is 15.5 Å². The fraction of sp³-hybridized carbons (Fsp3) is 0.588. The number of nitrogens with one attached hydrogen (secondary N) is 2. The molecule has 0 spiro atoms. The molecular weight excluding hydrogens is 279 g/mol. The standard InChI is InChI=1S/C17H27FN4/c1-3-10-22-11-8-15(9-12-22)21-17(19-2)20-13-14-6-4-5-7-16(14)18/h4-7,15H,3,8-13H2,1-2H3,(H2,19,20,21). The third-order valence-corrected chi connectivity index (χ3v) is 4.10. The monoisotopic (exact) mass is 306 g/mol. The van der Waals surface area contributed by atoms with E-state index in [0.29, 0.717) is 18.2 Å². The molecular formula is C17H27FN4. The summed E-state index contributed by atoms with van der Waals surface area (Å²) in [7, 11) is 1.75. The second-order valence-corrected chi connectivity index (χ2v) is 5.78. The summed E-state index contributed by atoms with van der Waals surface area (Å²) in [6.45, 7) is 6.12. The maximum absolute atomic E-state index is 13.6. The lowest BCUT2D eigenvalue weighted by atomic mass is 10.1. The summed E-state index contributed by atoms with van der Waals surface area (Å²) in [5.74, 6) is 0.565. The van der Waals surface area contributed by atoms with Gasteiger partial charge in [0.2, 0.25) is 0 Å². The van der Waals surface area contributed by atoms with Gasteiger partial charge in [-0.15, -0.1) is 0 Å². The molecule has 0 saturated carbocycles. The van der Waals surface area contributed by atoms with Crippen LogP contribution < -0.4 is 10.6 Å². The Kier molecular flexibility index (Phi) is 6.65. The summed E-state index contributed by atoms with van der Waals surface area (Å²) < 4.78 is 13.6. The van der Waals surface area contributed by atoms with E-state index in [0.717, 1.165) is 31.9 Å². The molecule has 2 rings (SSSR count). The first-order chi connectivity index (χ1) is 10.7. The van der Waals surface area contributed by atoms with Gasteiger partial charge in [-0.3, -0.25) is 4.99 Å². The van der Waals surface area contributed by atoms with Crippen LogP contribution in [0.1, 0.15) is 31.7 Å². The average molecular weight is 306 g/mol. The fourth-order valence-electron chi connectivity index (χ4n) is 2.83. The Labute approximate surface area is 132 Å². The Morgan fingerprint density at radius 3 is 2.68 bits per heavy atom. The Morgan fingerprint density at radius 2 is 2.05 bits per heavy atom. The molecule has 1 heterocycles. The average Bonchev–Trinajstić information content (AvgIpc) is 2.54. The molecule has 122 valence electrons. The molecule has 0 amide bonds. The predicted octanol–water partition coefficient (Wildman–Crippen LogP) is 2.37. The molecule has 1 aromatic rings. The summed E-state index contributed by atoms with van der Waals surface area (Å²) in [6, 6.07) is 7.27. The molecule has 1 saturated heterocycles. The maximum atomic E-state index is 13.6. The minimum atomic E-state index is -0.182. The molecule has 0 atom stereocenters. The van der Waals surface area contributed by atoms with E-state index in [2.05, 4.69) is 27.4 Å². The minimum absolute atomic E-state index is 0.182. The zero-order chi connectivity index (χ0) is 15.8. The van der Waals surface area contributed by atoms with Crippen LogP contribution in [-0.2, 0) is 6.54 Å². The van der Waals surface area contributed by atoms with Crippen molar-refractivity contribution < 1.29 is 4.39 Å². The van der Waals surface area contributed by atoms with E-state index in [1.54, 1.807) is 19.2 Å². The molecule has 1 aromatic carbocycles. The molecule has 5 heteroatoms. The zero-order valence-electron chi connectivity index (χ0n) is 13.6. The minimum Gasteiger partial charge on any atom is -0.354 e. The van der Waals surface area contributed by atoms with Crippen molar-refractivity contribution in [1.82, 2.24) is 15.5 Å². The van der Waals surface area contributed by atoms with E-state index < -0.39 is 0 Å². The number of aliphatic imine (C=N–C) groups is 1. The molecule has 0 aliphatic carbocycles. The molecule has 2 N–H and O–H groups in total. The van der Waals surface area contributed by atoms with Crippen molar-refractivity contribution in [2.75, 3.05) is 26.7 Å². The number of hydrogen-bond acceptors (Lipinski definition) is 2.